The highest BCUT2D eigenvalue weighted by atomic mass is 16.5. The molecule has 0 aromatic heterocycles. The second-order valence-corrected chi connectivity index (χ2v) is 5.36. The summed E-state index contributed by atoms with van der Waals surface area (Å²) in [6.45, 7) is 1.82. The molecule has 0 spiro atoms. The molecule has 2 aromatic carbocycles. The van der Waals surface area contributed by atoms with Gasteiger partial charge in [-0.1, -0.05) is 60.7 Å². The molecule has 0 saturated heterocycles. The summed E-state index contributed by atoms with van der Waals surface area (Å²) in [7, 11) is 1.40. The van der Waals surface area contributed by atoms with Gasteiger partial charge in [0.1, 0.15) is 5.76 Å². The molecule has 0 bridgehead atoms. The van der Waals surface area contributed by atoms with E-state index in [1.807, 2.05) is 67.6 Å². The van der Waals surface area contributed by atoms with E-state index in [-0.39, 0.29) is 5.97 Å². The van der Waals surface area contributed by atoms with Gasteiger partial charge >= 0.3 is 5.97 Å². The first-order valence-electron chi connectivity index (χ1n) is 7.25. The third kappa shape index (κ3) is 2.29. The number of carbonyl (C=O) groups excluding carboxylic acids is 1. The van der Waals surface area contributed by atoms with Crippen molar-refractivity contribution in [3.63, 3.8) is 0 Å². The topological polar surface area (TPSA) is 35.5 Å². The Bertz CT molecular complexity index is 662. The van der Waals surface area contributed by atoms with Gasteiger partial charge in [-0.05, 0) is 6.92 Å². The van der Waals surface area contributed by atoms with Crippen molar-refractivity contribution < 1.29 is 14.3 Å². The van der Waals surface area contributed by atoms with Gasteiger partial charge in [0.2, 0.25) is 0 Å². The lowest BCUT2D eigenvalue weighted by molar-refractivity contribution is -0.136. The molecule has 2 aromatic rings. The van der Waals surface area contributed by atoms with Crippen LogP contribution < -0.4 is 0 Å². The standard InChI is InChI=1S/C19H18O3/c1-14-17(18(20)21-2)13-19(22-14,15-9-5-3-6-10-15)16-11-7-4-8-12-16/h3-12H,13H2,1-2H3. The maximum absolute atomic E-state index is 12.0. The fraction of sp³-hybridized carbons (Fsp3) is 0.211. The monoisotopic (exact) mass is 294 g/mol. The Labute approximate surface area is 130 Å². The molecule has 1 aliphatic heterocycles. The molecule has 3 rings (SSSR count). The zero-order valence-electron chi connectivity index (χ0n) is 12.7. The molecule has 0 N–H and O–H groups in total. The van der Waals surface area contributed by atoms with Gasteiger partial charge in [-0.2, -0.15) is 0 Å². The molecule has 0 fully saturated rings. The summed E-state index contributed by atoms with van der Waals surface area (Å²) in [5.41, 5.74) is 1.98. The number of ether oxygens (including phenoxy) is 2. The van der Waals surface area contributed by atoms with Crippen molar-refractivity contribution in [1.29, 1.82) is 0 Å². The van der Waals surface area contributed by atoms with E-state index in [4.69, 9.17) is 9.47 Å². The fourth-order valence-corrected chi connectivity index (χ4v) is 2.97. The molecule has 1 heterocycles. The van der Waals surface area contributed by atoms with Crippen LogP contribution in [-0.2, 0) is 19.9 Å². The molecule has 1 aliphatic rings. The first kappa shape index (κ1) is 14.4. The van der Waals surface area contributed by atoms with E-state index < -0.39 is 5.60 Å². The molecular formula is C19H18O3. The van der Waals surface area contributed by atoms with Crippen LogP contribution in [0.25, 0.3) is 0 Å². The van der Waals surface area contributed by atoms with E-state index in [2.05, 4.69) is 0 Å². The number of esters is 1. The van der Waals surface area contributed by atoms with Crippen LogP contribution in [0, 0.1) is 0 Å². The van der Waals surface area contributed by atoms with Crippen molar-refractivity contribution in [2.45, 2.75) is 18.9 Å². The quantitative estimate of drug-likeness (QED) is 0.808. The van der Waals surface area contributed by atoms with Crippen molar-refractivity contribution >= 4 is 5.97 Å². The van der Waals surface area contributed by atoms with E-state index in [0.29, 0.717) is 17.8 Å². The van der Waals surface area contributed by atoms with Crippen LogP contribution in [0.1, 0.15) is 24.5 Å². The Morgan fingerprint density at radius 3 is 1.95 bits per heavy atom. The predicted molar refractivity (Wildman–Crippen MR) is 84.1 cm³/mol. The van der Waals surface area contributed by atoms with E-state index in [9.17, 15) is 4.79 Å². The highest BCUT2D eigenvalue weighted by Gasteiger charge is 2.45. The highest BCUT2D eigenvalue weighted by Crippen LogP contribution is 2.46. The molecule has 22 heavy (non-hydrogen) atoms. The molecule has 0 unspecified atom stereocenters. The summed E-state index contributed by atoms with van der Waals surface area (Å²) >= 11 is 0. The molecule has 0 radical (unpaired) electrons. The number of allylic oxidation sites excluding steroid dienone is 1. The maximum Gasteiger partial charge on any atom is 0.337 e. The number of methoxy groups -OCH3 is 1. The van der Waals surface area contributed by atoms with Crippen LogP contribution in [0.4, 0.5) is 0 Å². The molecule has 0 aliphatic carbocycles. The third-order valence-electron chi connectivity index (χ3n) is 4.09. The van der Waals surface area contributed by atoms with Crippen LogP contribution in [0.2, 0.25) is 0 Å². The van der Waals surface area contributed by atoms with Crippen LogP contribution in [0.5, 0.6) is 0 Å². The first-order valence-corrected chi connectivity index (χ1v) is 7.25. The Hall–Kier alpha value is -2.55. The second kappa shape index (κ2) is 5.68. The summed E-state index contributed by atoms with van der Waals surface area (Å²) in [6.07, 6.45) is 0.472. The summed E-state index contributed by atoms with van der Waals surface area (Å²) < 4.78 is 11.1. The number of hydrogen-bond donors (Lipinski definition) is 0. The Morgan fingerprint density at radius 2 is 1.50 bits per heavy atom. The van der Waals surface area contributed by atoms with Crippen molar-refractivity contribution in [3.05, 3.63) is 83.1 Å². The number of rotatable bonds is 3. The van der Waals surface area contributed by atoms with Gasteiger partial charge in [0.25, 0.3) is 0 Å². The number of benzene rings is 2. The molecular weight excluding hydrogens is 276 g/mol. The first-order chi connectivity index (χ1) is 10.7. The molecule has 0 atom stereocenters. The van der Waals surface area contributed by atoms with E-state index in [0.717, 1.165) is 11.1 Å². The highest BCUT2D eigenvalue weighted by molar-refractivity contribution is 5.89. The van der Waals surface area contributed by atoms with Gasteiger partial charge in [0.05, 0.1) is 12.7 Å². The third-order valence-corrected chi connectivity index (χ3v) is 4.09. The summed E-state index contributed by atoms with van der Waals surface area (Å²) in [4.78, 5) is 12.0. The Kier molecular flexibility index (Phi) is 3.72. The van der Waals surface area contributed by atoms with Gasteiger partial charge in [-0.15, -0.1) is 0 Å². The van der Waals surface area contributed by atoms with Gasteiger partial charge in [0.15, 0.2) is 5.60 Å². The van der Waals surface area contributed by atoms with Crippen molar-refractivity contribution in [3.8, 4) is 0 Å². The zero-order valence-corrected chi connectivity index (χ0v) is 12.7. The van der Waals surface area contributed by atoms with E-state index >= 15 is 0 Å². The fourth-order valence-electron chi connectivity index (χ4n) is 2.97. The smallest absolute Gasteiger partial charge is 0.337 e. The van der Waals surface area contributed by atoms with E-state index in [1.54, 1.807) is 0 Å². The largest absolute Gasteiger partial charge is 0.482 e. The van der Waals surface area contributed by atoms with E-state index in [1.165, 1.54) is 7.11 Å². The Morgan fingerprint density at radius 1 is 1.00 bits per heavy atom. The van der Waals surface area contributed by atoms with Crippen LogP contribution in [-0.4, -0.2) is 13.1 Å². The van der Waals surface area contributed by atoms with Crippen molar-refractivity contribution in [1.82, 2.24) is 0 Å². The van der Waals surface area contributed by atoms with Crippen LogP contribution >= 0.6 is 0 Å². The minimum atomic E-state index is -0.671. The van der Waals surface area contributed by atoms with Gasteiger partial charge in [0, 0.05) is 17.5 Å². The van der Waals surface area contributed by atoms with Gasteiger partial charge in [-0.25, -0.2) is 4.79 Å². The zero-order chi connectivity index (χ0) is 15.6. The van der Waals surface area contributed by atoms with Gasteiger partial charge in [-0.3, -0.25) is 0 Å². The average Bonchev–Trinajstić information content (AvgIpc) is 2.94. The predicted octanol–water partition coefficient (Wildman–Crippen LogP) is 3.80. The average molecular weight is 294 g/mol. The number of carbonyl (C=O) groups is 1. The van der Waals surface area contributed by atoms with Crippen molar-refractivity contribution in [2.75, 3.05) is 7.11 Å². The minimum absolute atomic E-state index is 0.328. The van der Waals surface area contributed by atoms with Gasteiger partial charge < -0.3 is 9.47 Å². The summed E-state index contributed by atoms with van der Waals surface area (Å²) in [6, 6.07) is 20.0. The maximum atomic E-state index is 12.0. The van der Waals surface area contributed by atoms with Crippen LogP contribution in [0.15, 0.2) is 72.0 Å². The molecule has 0 saturated carbocycles. The Balaban J connectivity index is 2.11. The molecule has 3 nitrogen and oxygen atoms in total. The number of hydrogen-bond acceptors (Lipinski definition) is 3. The summed E-state index contributed by atoms with van der Waals surface area (Å²) in [5.74, 6) is 0.297. The van der Waals surface area contributed by atoms with Crippen molar-refractivity contribution in [2.24, 2.45) is 0 Å². The lowest BCUT2D eigenvalue weighted by Crippen LogP contribution is -2.27. The minimum Gasteiger partial charge on any atom is -0.482 e. The normalized spacial score (nSPS) is 16.3. The molecule has 0 amide bonds. The molecule has 3 heteroatoms. The van der Waals surface area contributed by atoms with Crippen LogP contribution in [0.3, 0.4) is 0 Å². The SMILES string of the molecule is COC(=O)C1=C(C)OC(c2ccccc2)(c2ccccc2)C1. The lowest BCUT2D eigenvalue weighted by atomic mass is 9.82. The second-order valence-electron chi connectivity index (χ2n) is 5.36. The lowest BCUT2D eigenvalue weighted by Gasteiger charge is -2.31. The summed E-state index contributed by atoms with van der Waals surface area (Å²) in [5, 5.41) is 0. The molecule has 112 valence electrons.